The Morgan fingerprint density at radius 3 is 2.35 bits per heavy atom. The first-order valence-electron chi connectivity index (χ1n) is 6.68. The summed E-state index contributed by atoms with van der Waals surface area (Å²) in [6, 6.07) is 0. The van der Waals surface area contributed by atoms with Crippen LogP contribution in [0.25, 0.3) is 0 Å². The Balaban J connectivity index is 1.83. The van der Waals surface area contributed by atoms with Crippen LogP contribution in [0.2, 0.25) is 0 Å². The van der Waals surface area contributed by atoms with Gasteiger partial charge in [0.1, 0.15) is 5.03 Å². The molecule has 0 saturated heterocycles. The predicted octanol–water partition coefficient (Wildman–Crippen LogP) is 0.269. The summed E-state index contributed by atoms with van der Waals surface area (Å²) in [5, 5.41) is 11.9. The maximum atomic E-state index is 5.45. The van der Waals surface area contributed by atoms with E-state index in [1.807, 2.05) is 19.5 Å². The molecule has 0 spiro atoms. The molecule has 0 atom stereocenters. The van der Waals surface area contributed by atoms with Gasteiger partial charge in [-0.15, -0.1) is 16.9 Å². The second-order valence-corrected chi connectivity index (χ2v) is 4.79. The fourth-order valence-electron chi connectivity index (χ4n) is 1.36. The van der Waals surface area contributed by atoms with Gasteiger partial charge in [0.2, 0.25) is 0 Å². The Hall–Kier alpha value is -0.670. The molecule has 0 aromatic carbocycles. The minimum atomic E-state index is 0.584. The van der Waals surface area contributed by atoms with Crippen molar-refractivity contribution >= 4 is 11.8 Å². The van der Waals surface area contributed by atoms with Crippen molar-refractivity contribution in [2.24, 2.45) is 0 Å². The zero-order valence-electron chi connectivity index (χ0n) is 12.2. The first kappa shape index (κ1) is 17.4. The van der Waals surface area contributed by atoms with Gasteiger partial charge in [-0.1, -0.05) is 5.21 Å². The van der Waals surface area contributed by atoms with Gasteiger partial charge in [0, 0.05) is 6.54 Å². The normalized spacial score (nSPS) is 11.1. The quantitative estimate of drug-likeness (QED) is 0.414. The van der Waals surface area contributed by atoms with Gasteiger partial charge < -0.3 is 19.5 Å². The summed E-state index contributed by atoms with van der Waals surface area (Å²) in [7, 11) is 1.90. The highest BCUT2D eigenvalue weighted by molar-refractivity contribution is 7.98. The van der Waals surface area contributed by atoms with E-state index in [0.29, 0.717) is 46.2 Å². The second-order valence-electron chi connectivity index (χ2n) is 3.96. The highest BCUT2D eigenvalue weighted by atomic mass is 32.2. The van der Waals surface area contributed by atoms with E-state index in [1.165, 1.54) is 0 Å². The van der Waals surface area contributed by atoms with E-state index in [-0.39, 0.29) is 0 Å². The molecule has 0 radical (unpaired) electrons. The first-order chi connectivity index (χ1) is 9.86. The summed E-state index contributed by atoms with van der Waals surface area (Å²) in [6.07, 6.45) is 3.89. The first-order valence-corrected chi connectivity index (χ1v) is 7.91. The smallest absolute Gasteiger partial charge is 0.138 e. The van der Waals surface area contributed by atoms with Crippen LogP contribution in [0, 0.1) is 0 Å². The molecule has 1 aromatic rings. The predicted molar refractivity (Wildman–Crippen MR) is 78.2 cm³/mol. The maximum Gasteiger partial charge on any atom is 0.138 e. The molecule has 20 heavy (non-hydrogen) atoms. The molecule has 0 aliphatic rings. The van der Waals surface area contributed by atoms with Gasteiger partial charge in [0.05, 0.1) is 52.4 Å². The third-order valence-electron chi connectivity index (χ3n) is 2.43. The number of aromatic nitrogens is 3. The van der Waals surface area contributed by atoms with Crippen LogP contribution in [0.1, 0.15) is 0 Å². The Morgan fingerprint density at radius 1 is 1.10 bits per heavy atom. The number of thioether (sulfide) groups is 1. The standard InChI is InChI=1S/C12H24N4O3S/c1-13-3-5-17-7-9-19-10-8-18-6-4-16-11-12(20-2)14-15-16/h11,13H,3-10H2,1-2H3. The van der Waals surface area contributed by atoms with Crippen molar-refractivity contribution in [3.8, 4) is 0 Å². The largest absolute Gasteiger partial charge is 0.378 e. The van der Waals surface area contributed by atoms with Crippen molar-refractivity contribution in [2.45, 2.75) is 11.6 Å². The van der Waals surface area contributed by atoms with E-state index in [2.05, 4.69) is 15.6 Å². The molecule has 0 unspecified atom stereocenters. The van der Waals surface area contributed by atoms with E-state index in [9.17, 15) is 0 Å². The SMILES string of the molecule is CNCCOCCOCCOCCn1cc(SC)nn1. The molecule has 0 saturated carbocycles. The monoisotopic (exact) mass is 304 g/mol. The van der Waals surface area contributed by atoms with Gasteiger partial charge in [0.15, 0.2) is 0 Å². The maximum absolute atomic E-state index is 5.45. The molecular formula is C12H24N4O3S. The number of hydrogen-bond acceptors (Lipinski definition) is 7. The summed E-state index contributed by atoms with van der Waals surface area (Å²) < 4.78 is 17.9. The zero-order chi connectivity index (χ0) is 14.5. The third-order valence-corrected chi connectivity index (χ3v) is 3.04. The molecule has 1 N–H and O–H groups in total. The number of nitrogens with one attached hydrogen (secondary N) is 1. The average molecular weight is 304 g/mol. The van der Waals surface area contributed by atoms with E-state index in [0.717, 1.165) is 11.6 Å². The number of hydrogen-bond donors (Lipinski definition) is 1. The molecule has 1 aromatic heterocycles. The molecular weight excluding hydrogens is 280 g/mol. The number of rotatable bonds is 13. The lowest BCUT2D eigenvalue weighted by Crippen LogP contribution is -2.17. The van der Waals surface area contributed by atoms with Crippen LogP contribution in [0.4, 0.5) is 0 Å². The molecule has 1 rings (SSSR count). The summed E-state index contributed by atoms with van der Waals surface area (Å²) >= 11 is 1.58. The minimum Gasteiger partial charge on any atom is -0.378 e. The van der Waals surface area contributed by atoms with Crippen molar-refractivity contribution in [3.05, 3.63) is 6.20 Å². The van der Waals surface area contributed by atoms with Gasteiger partial charge in [-0.2, -0.15) is 0 Å². The number of nitrogens with zero attached hydrogens (tertiary/aromatic N) is 3. The van der Waals surface area contributed by atoms with Crippen LogP contribution in [0.5, 0.6) is 0 Å². The number of ether oxygens (including phenoxy) is 3. The molecule has 1 heterocycles. The molecule has 0 bridgehead atoms. The average Bonchev–Trinajstić information content (AvgIpc) is 2.93. The van der Waals surface area contributed by atoms with Crippen molar-refractivity contribution in [1.82, 2.24) is 20.3 Å². The summed E-state index contributed by atoms with van der Waals surface area (Å²) in [4.78, 5) is 0. The Kier molecular flexibility index (Phi) is 10.5. The van der Waals surface area contributed by atoms with Crippen molar-refractivity contribution < 1.29 is 14.2 Å². The second kappa shape index (κ2) is 12.1. The van der Waals surface area contributed by atoms with Crippen LogP contribution < -0.4 is 5.32 Å². The van der Waals surface area contributed by atoms with Crippen LogP contribution in [0.3, 0.4) is 0 Å². The molecule has 0 amide bonds. The summed E-state index contributed by atoms with van der Waals surface area (Å²) in [6.45, 7) is 5.30. The molecule has 0 aliphatic heterocycles. The van der Waals surface area contributed by atoms with Gasteiger partial charge in [-0.25, -0.2) is 4.68 Å². The lowest BCUT2D eigenvalue weighted by atomic mass is 10.6. The summed E-state index contributed by atoms with van der Waals surface area (Å²) in [5.41, 5.74) is 0. The van der Waals surface area contributed by atoms with Crippen LogP contribution in [-0.2, 0) is 20.8 Å². The lowest BCUT2D eigenvalue weighted by Gasteiger charge is -2.06. The Morgan fingerprint density at radius 2 is 1.75 bits per heavy atom. The molecule has 0 aliphatic carbocycles. The molecule has 7 nitrogen and oxygen atoms in total. The zero-order valence-corrected chi connectivity index (χ0v) is 13.0. The van der Waals surface area contributed by atoms with Crippen LogP contribution in [-0.4, -0.2) is 74.5 Å². The van der Waals surface area contributed by atoms with Gasteiger partial charge >= 0.3 is 0 Å². The summed E-state index contributed by atoms with van der Waals surface area (Å²) in [5.74, 6) is 0. The van der Waals surface area contributed by atoms with Gasteiger partial charge in [0.25, 0.3) is 0 Å². The van der Waals surface area contributed by atoms with E-state index >= 15 is 0 Å². The lowest BCUT2D eigenvalue weighted by molar-refractivity contribution is 0.0134. The third kappa shape index (κ3) is 8.49. The Labute approximate surface area is 124 Å². The highest BCUT2D eigenvalue weighted by Crippen LogP contribution is 2.07. The number of likely N-dealkylation sites (N-methyl/N-ethyl adjacent to an activating group) is 1. The van der Waals surface area contributed by atoms with Crippen molar-refractivity contribution in [1.29, 1.82) is 0 Å². The van der Waals surface area contributed by atoms with Crippen LogP contribution in [0.15, 0.2) is 11.2 Å². The molecule has 0 fully saturated rings. The van der Waals surface area contributed by atoms with E-state index in [1.54, 1.807) is 16.4 Å². The van der Waals surface area contributed by atoms with Gasteiger partial charge in [-0.3, -0.25) is 0 Å². The topological polar surface area (TPSA) is 70.4 Å². The Bertz CT molecular complexity index is 338. The minimum absolute atomic E-state index is 0.584. The van der Waals surface area contributed by atoms with Crippen molar-refractivity contribution in [3.63, 3.8) is 0 Å². The van der Waals surface area contributed by atoms with Crippen LogP contribution >= 0.6 is 11.8 Å². The highest BCUT2D eigenvalue weighted by Gasteiger charge is 1.98. The molecule has 8 heteroatoms. The van der Waals surface area contributed by atoms with Crippen molar-refractivity contribution in [2.75, 3.05) is 59.5 Å². The fraction of sp³-hybridized carbons (Fsp3) is 0.833. The van der Waals surface area contributed by atoms with E-state index in [4.69, 9.17) is 14.2 Å². The van der Waals surface area contributed by atoms with E-state index < -0.39 is 0 Å². The van der Waals surface area contributed by atoms with Gasteiger partial charge in [-0.05, 0) is 13.3 Å². The fourth-order valence-corrected chi connectivity index (χ4v) is 1.70. The molecule has 116 valence electrons.